The molecule has 2 aliphatic heterocycles. The van der Waals surface area contributed by atoms with E-state index in [2.05, 4.69) is 29.7 Å². The average Bonchev–Trinajstić information content (AvgIpc) is 2.27. The van der Waals surface area contributed by atoms with Gasteiger partial charge in [-0.3, -0.25) is 0 Å². The molecular formula is C13H18N2O2. The first-order chi connectivity index (χ1) is 8.33. The van der Waals surface area contributed by atoms with Gasteiger partial charge in [0, 0.05) is 37.3 Å². The Hall–Kier alpha value is -1.42. The first-order valence-electron chi connectivity index (χ1n) is 6.18. The number of hydrogen-bond donors (Lipinski definition) is 2. The van der Waals surface area contributed by atoms with Crippen molar-refractivity contribution in [2.24, 2.45) is 5.92 Å². The van der Waals surface area contributed by atoms with E-state index >= 15 is 0 Å². The molecule has 0 radical (unpaired) electrons. The molecule has 0 unspecified atom stereocenters. The van der Waals surface area contributed by atoms with E-state index in [1.54, 1.807) is 0 Å². The second kappa shape index (κ2) is 4.45. The molecule has 3 rings (SSSR count). The van der Waals surface area contributed by atoms with Gasteiger partial charge in [-0.1, -0.05) is 0 Å². The van der Waals surface area contributed by atoms with E-state index in [0.717, 1.165) is 42.7 Å². The lowest BCUT2D eigenvalue weighted by Gasteiger charge is -2.28. The van der Waals surface area contributed by atoms with Crippen LogP contribution in [0.1, 0.15) is 5.56 Å². The molecule has 17 heavy (non-hydrogen) atoms. The van der Waals surface area contributed by atoms with Crippen molar-refractivity contribution >= 4 is 5.69 Å². The lowest BCUT2D eigenvalue weighted by Crippen LogP contribution is -2.45. The van der Waals surface area contributed by atoms with Crippen LogP contribution >= 0.6 is 0 Å². The summed E-state index contributed by atoms with van der Waals surface area (Å²) >= 11 is 0. The standard InChI is InChI=1S/C13H18N2O2/c1-9-4-12-13(17-3-2-16-12)5-11(9)15-8-10-6-14-7-10/h4-5,10,14-15H,2-3,6-8H2,1H3. The molecule has 0 aliphatic carbocycles. The highest BCUT2D eigenvalue weighted by atomic mass is 16.6. The lowest BCUT2D eigenvalue weighted by atomic mass is 10.0. The molecule has 0 atom stereocenters. The van der Waals surface area contributed by atoms with Crippen LogP contribution in [0.5, 0.6) is 11.5 Å². The minimum atomic E-state index is 0.641. The minimum absolute atomic E-state index is 0.641. The molecule has 0 bridgehead atoms. The maximum Gasteiger partial charge on any atom is 0.163 e. The van der Waals surface area contributed by atoms with Gasteiger partial charge < -0.3 is 20.1 Å². The van der Waals surface area contributed by atoms with Gasteiger partial charge in [-0.15, -0.1) is 0 Å². The molecule has 2 N–H and O–H groups in total. The fourth-order valence-corrected chi connectivity index (χ4v) is 2.13. The van der Waals surface area contributed by atoms with Crippen LogP contribution in [0, 0.1) is 12.8 Å². The fourth-order valence-electron chi connectivity index (χ4n) is 2.13. The Morgan fingerprint density at radius 1 is 1.24 bits per heavy atom. The Morgan fingerprint density at radius 3 is 2.59 bits per heavy atom. The number of nitrogens with one attached hydrogen (secondary N) is 2. The number of anilines is 1. The summed E-state index contributed by atoms with van der Waals surface area (Å²) in [6.07, 6.45) is 0. The van der Waals surface area contributed by atoms with Crippen molar-refractivity contribution in [3.63, 3.8) is 0 Å². The van der Waals surface area contributed by atoms with E-state index in [1.165, 1.54) is 5.56 Å². The quantitative estimate of drug-likeness (QED) is 0.829. The number of hydrogen-bond acceptors (Lipinski definition) is 4. The summed E-state index contributed by atoms with van der Waals surface area (Å²) in [7, 11) is 0. The molecule has 1 fully saturated rings. The van der Waals surface area contributed by atoms with Crippen molar-refractivity contribution in [3.05, 3.63) is 17.7 Å². The molecule has 2 heterocycles. The average molecular weight is 234 g/mol. The molecule has 4 nitrogen and oxygen atoms in total. The van der Waals surface area contributed by atoms with E-state index in [1.807, 2.05) is 0 Å². The van der Waals surface area contributed by atoms with Crippen molar-refractivity contribution in [2.45, 2.75) is 6.92 Å². The third-order valence-electron chi connectivity index (χ3n) is 3.34. The minimum Gasteiger partial charge on any atom is -0.486 e. The van der Waals surface area contributed by atoms with Gasteiger partial charge in [0.15, 0.2) is 11.5 Å². The zero-order valence-electron chi connectivity index (χ0n) is 10.1. The van der Waals surface area contributed by atoms with Crippen LogP contribution in [0.4, 0.5) is 5.69 Å². The zero-order chi connectivity index (χ0) is 11.7. The van der Waals surface area contributed by atoms with Crippen molar-refractivity contribution in [1.29, 1.82) is 0 Å². The first kappa shape index (κ1) is 10.7. The molecule has 92 valence electrons. The van der Waals surface area contributed by atoms with Crippen molar-refractivity contribution in [2.75, 3.05) is 38.2 Å². The second-order valence-corrected chi connectivity index (χ2v) is 4.72. The highest BCUT2D eigenvalue weighted by Crippen LogP contribution is 2.35. The van der Waals surface area contributed by atoms with Crippen LogP contribution in [-0.4, -0.2) is 32.8 Å². The number of fused-ring (bicyclic) bond motifs is 1. The van der Waals surface area contributed by atoms with Crippen LogP contribution < -0.4 is 20.1 Å². The van der Waals surface area contributed by atoms with Crippen LogP contribution in [0.3, 0.4) is 0 Å². The van der Waals surface area contributed by atoms with E-state index < -0.39 is 0 Å². The molecule has 0 saturated carbocycles. The Balaban J connectivity index is 1.73. The lowest BCUT2D eigenvalue weighted by molar-refractivity contribution is 0.171. The fraction of sp³-hybridized carbons (Fsp3) is 0.538. The molecule has 1 aromatic rings. The van der Waals surface area contributed by atoms with Gasteiger partial charge in [-0.25, -0.2) is 0 Å². The van der Waals surface area contributed by atoms with E-state index in [9.17, 15) is 0 Å². The van der Waals surface area contributed by atoms with Gasteiger partial charge in [0.25, 0.3) is 0 Å². The van der Waals surface area contributed by atoms with E-state index in [0.29, 0.717) is 13.2 Å². The van der Waals surface area contributed by atoms with Crippen LogP contribution in [-0.2, 0) is 0 Å². The van der Waals surface area contributed by atoms with Crippen molar-refractivity contribution in [1.82, 2.24) is 5.32 Å². The summed E-state index contributed by atoms with van der Waals surface area (Å²) in [5.74, 6) is 2.48. The number of ether oxygens (including phenoxy) is 2. The van der Waals surface area contributed by atoms with Gasteiger partial charge in [-0.05, 0) is 18.6 Å². The number of benzene rings is 1. The summed E-state index contributed by atoms with van der Waals surface area (Å²) in [5.41, 5.74) is 2.36. The van der Waals surface area contributed by atoms with Crippen molar-refractivity contribution < 1.29 is 9.47 Å². The molecule has 2 aliphatic rings. The SMILES string of the molecule is Cc1cc2c(cc1NCC1CNC1)OCCO2. The topological polar surface area (TPSA) is 42.5 Å². The molecular weight excluding hydrogens is 216 g/mol. The third-order valence-corrected chi connectivity index (χ3v) is 3.34. The van der Waals surface area contributed by atoms with E-state index in [4.69, 9.17) is 9.47 Å². The Bertz CT molecular complexity index is 416. The smallest absolute Gasteiger partial charge is 0.163 e. The Morgan fingerprint density at radius 2 is 1.94 bits per heavy atom. The highest BCUT2D eigenvalue weighted by Gasteiger charge is 2.18. The summed E-state index contributed by atoms with van der Waals surface area (Å²) in [6, 6.07) is 4.10. The highest BCUT2D eigenvalue weighted by molar-refractivity contribution is 5.60. The molecule has 0 amide bonds. The van der Waals surface area contributed by atoms with Crippen molar-refractivity contribution in [3.8, 4) is 11.5 Å². The van der Waals surface area contributed by atoms with E-state index in [-0.39, 0.29) is 0 Å². The first-order valence-corrected chi connectivity index (χ1v) is 6.18. The third kappa shape index (κ3) is 2.17. The Kier molecular flexibility index (Phi) is 2.81. The largest absolute Gasteiger partial charge is 0.486 e. The molecule has 0 aromatic heterocycles. The van der Waals surface area contributed by atoms with Gasteiger partial charge >= 0.3 is 0 Å². The van der Waals surface area contributed by atoms with Gasteiger partial charge in [0.05, 0.1) is 0 Å². The maximum absolute atomic E-state index is 5.59. The van der Waals surface area contributed by atoms with Crippen LogP contribution in [0.15, 0.2) is 12.1 Å². The number of rotatable bonds is 3. The van der Waals surface area contributed by atoms with Gasteiger partial charge in [0.1, 0.15) is 13.2 Å². The number of aryl methyl sites for hydroxylation is 1. The molecule has 0 spiro atoms. The van der Waals surface area contributed by atoms with Crippen LogP contribution in [0.2, 0.25) is 0 Å². The summed E-state index contributed by atoms with van der Waals surface area (Å²) in [4.78, 5) is 0. The zero-order valence-corrected chi connectivity index (χ0v) is 10.1. The monoisotopic (exact) mass is 234 g/mol. The molecule has 1 saturated heterocycles. The predicted molar refractivity (Wildman–Crippen MR) is 67.0 cm³/mol. The van der Waals surface area contributed by atoms with Gasteiger partial charge in [-0.2, -0.15) is 0 Å². The predicted octanol–water partition coefficient (Wildman–Crippen LogP) is 1.40. The second-order valence-electron chi connectivity index (χ2n) is 4.72. The summed E-state index contributed by atoms with van der Waals surface area (Å²) in [6.45, 7) is 6.65. The Labute approximate surface area is 101 Å². The summed E-state index contributed by atoms with van der Waals surface area (Å²) in [5, 5.41) is 6.77. The maximum atomic E-state index is 5.59. The summed E-state index contributed by atoms with van der Waals surface area (Å²) < 4.78 is 11.1. The molecule has 1 aromatic carbocycles. The van der Waals surface area contributed by atoms with Crippen LogP contribution in [0.25, 0.3) is 0 Å². The normalized spacial score (nSPS) is 18.6. The molecule has 4 heteroatoms. The van der Waals surface area contributed by atoms with Gasteiger partial charge in [0.2, 0.25) is 0 Å².